The molecular weight excluding hydrogens is 160 g/mol. The van der Waals surface area contributed by atoms with Crippen LogP contribution in [0, 0.1) is 5.92 Å². The smallest absolute Gasteiger partial charge is 0.248 e. The highest BCUT2D eigenvalue weighted by atomic mass is 19.3. The number of alkyl halides is 2. The second-order valence-corrected chi connectivity index (χ2v) is 4.03. The Kier molecular flexibility index (Phi) is 3.04. The third-order valence-electron chi connectivity index (χ3n) is 2.28. The van der Waals surface area contributed by atoms with Crippen molar-refractivity contribution in [1.82, 2.24) is 5.32 Å². The van der Waals surface area contributed by atoms with E-state index in [1.54, 1.807) is 0 Å². The average molecular weight is 177 g/mol. The molecule has 0 atom stereocenters. The van der Waals surface area contributed by atoms with Gasteiger partial charge in [0.15, 0.2) is 0 Å². The number of hydrogen-bond donors (Lipinski definition) is 1. The van der Waals surface area contributed by atoms with Crippen LogP contribution in [0.5, 0.6) is 0 Å². The summed E-state index contributed by atoms with van der Waals surface area (Å²) in [5, 5.41) is 3.23. The summed E-state index contributed by atoms with van der Waals surface area (Å²) in [7, 11) is 0. The Bertz CT molecular complexity index is 137. The van der Waals surface area contributed by atoms with Gasteiger partial charge in [0.25, 0.3) is 0 Å². The monoisotopic (exact) mass is 177 g/mol. The molecule has 1 fully saturated rings. The molecule has 0 heterocycles. The van der Waals surface area contributed by atoms with Crippen LogP contribution in [0.3, 0.4) is 0 Å². The van der Waals surface area contributed by atoms with E-state index < -0.39 is 5.92 Å². The lowest BCUT2D eigenvalue weighted by atomic mass is 9.79. The van der Waals surface area contributed by atoms with Crippen LogP contribution in [0.25, 0.3) is 0 Å². The highest BCUT2D eigenvalue weighted by molar-refractivity contribution is 4.86. The van der Waals surface area contributed by atoms with Crippen LogP contribution in [-0.2, 0) is 0 Å². The highest BCUT2D eigenvalue weighted by Crippen LogP contribution is 2.43. The zero-order valence-electron chi connectivity index (χ0n) is 7.74. The molecule has 0 radical (unpaired) electrons. The largest absolute Gasteiger partial charge is 0.315 e. The molecule has 0 aromatic heterocycles. The van der Waals surface area contributed by atoms with Gasteiger partial charge in [0.2, 0.25) is 5.92 Å². The fraction of sp³-hybridized carbons (Fsp3) is 1.00. The van der Waals surface area contributed by atoms with Gasteiger partial charge < -0.3 is 5.32 Å². The molecule has 0 unspecified atom stereocenters. The summed E-state index contributed by atoms with van der Waals surface area (Å²) in [4.78, 5) is 0. The van der Waals surface area contributed by atoms with Crippen LogP contribution in [-0.4, -0.2) is 18.5 Å². The molecule has 0 aromatic carbocycles. The minimum absolute atomic E-state index is 0.104. The first-order valence-corrected chi connectivity index (χ1v) is 4.61. The van der Waals surface area contributed by atoms with Crippen molar-refractivity contribution < 1.29 is 8.78 Å². The molecule has 0 aliphatic heterocycles. The number of hydrogen-bond acceptors (Lipinski definition) is 1. The molecule has 12 heavy (non-hydrogen) atoms. The summed E-state index contributed by atoms with van der Waals surface area (Å²) in [6.45, 7) is 5.00. The van der Waals surface area contributed by atoms with Gasteiger partial charge in [0.05, 0.1) is 0 Å². The fourth-order valence-corrected chi connectivity index (χ4v) is 1.57. The zero-order valence-corrected chi connectivity index (χ0v) is 7.74. The Hall–Kier alpha value is -0.180. The van der Waals surface area contributed by atoms with Gasteiger partial charge in [-0.3, -0.25) is 0 Å². The van der Waals surface area contributed by atoms with E-state index in [1.807, 2.05) is 0 Å². The summed E-state index contributed by atoms with van der Waals surface area (Å²) in [5.41, 5.74) is 0. The lowest BCUT2D eigenvalue weighted by Gasteiger charge is -2.35. The van der Waals surface area contributed by atoms with Crippen molar-refractivity contribution in [3.05, 3.63) is 0 Å². The molecule has 0 saturated heterocycles. The van der Waals surface area contributed by atoms with E-state index in [4.69, 9.17) is 0 Å². The average Bonchev–Trinajstić information content (AvgIpc) is 1.82. The van der Waals surface area contributed by atoms with E-state index in [0.29, 0.717) is 6.04 Å². The summed E-state index contributed by atoms with van der Waals surface area (Å²) < 4.78 is 24.7. The van der Waals surface area contributed by atoms with Crippen LogP contribution >= 0.6 is 0 Å². The van der Waals surface area contributed by atoms with Gasteiger partial charge in [0.1, 0.15) is 0 Å². The maximum Gasteiger partial charge on any atom is 0.248 e. The van der Waals surface area contributed by atoms with E-state index in [1.165, 1.54) is 0 Å². The molecule has 1 rings (SSSR count). The first-order valence-electron chi connectivity index (χ1n) is 4.61. The van der Waals surface area contributed by atoms with Gasteiger partial charge >= 0.3 is 0 Å². The van der Waals surface area contributed by atoms with Crippen molar-refractivity contribution in [1.29, 1.82) is 0 Å². The van der Waals surface area contributed by atoms with Crippen LogP contribution in [0.1, 0.15) is 33.1 Å². The Balaban J connectivity index is 1.97. The third-order valence-corrected chi connectivity index (χ3v) is 2.28. The van der Waals surface area contributed by atoms with Crippen molar-refractivity contribution in [2.24, 2.45) is 5.92 Å². The van der Waals surface area contributed by atoms with E-state index >= 15 is 0 Å². The number of rotatable bonds is 4. The minimum atomic E-state index is -2.34. The molecule has 0 amide bonds. The van der Waals surface area contributed by atoms with Crippen LogP contribution < -0.4 is 5.32 Å². The third kappa shape index (κ3) is 3.05. The molecule has 0 bridgehead atoms. The first kappa shape index (κ1) is 9.90. The topological polar surface area (TPSA) is 12.0 Å². The Morgan fingerprint density at radius 1 is 1.42 bits per heavy atom. The highest BCUT2D eigenvalue weighted by Gasteiger charge is 2.44. The molecule has 0 spiro atoms. The van der Waals surface area contributed by atoms with Gasteiger partial charge in [-0.2, -0.15) is 0 Å². The van der Waals surface area contributed by atoms with Crippen LogP contribution in [0.4, 0.5) is 8.78 Å². The molecule has 1 N–H and O–H groups in total. The van der Waals surface area contributed by atoms with Crippen molar-refractivity contribution in [3.63, 3.8) is 0 Å². The maximum atomic E-state index is 12.4. The van der Waals surface area contributed by atoms with Gasteiger partial charge in [-0.1, -0.05) is 13.8 Å². The summed E-state index contributed by atoms with van der Waals surface area (Å²) >= 11 is 0. The van der Waals surface area contributed by atoms with E-state index in [2.05, 4.69) is 19.2 Å². The quantitative estimate of drug-likeness (QED) is 0.695. The fourth-order valence-electron chi connectivity index (χ4n) is 1.57. The summed E-state index contributed by atoms with van der Waals surface area (Å²) in [6.07, 6.45) is 1.10. The Labute approximate surface area is 72.5 Å². The predicted octanol–water partition coefficient (Wildman–Crippen LogP) is 2.42. The van der Waals surface area contributed by atoms with Crippen LogP contribution in [0.2, 0.25) is 0 Å². The predicted molar refractivity (Wildman–Crippen MR) is 45.4 cm³/mol. The lowest BCUT2D eigenvalue weighted by molar-refractivity contribution is -0.111. The summed E-state index contributed by atoms with van der Waals surface area (Å²) in [5.74, 6) is -2.09. The molecular formula is C9H17F2N. The normalized spacial score (nSPS) is 22.8. The van der Waals surface area contributed by atoms with Crippen molar-refractivity contribution in [3.8, 4) is 0 Å². The number of halogens is 2. The Morgan fingerprint density at radius 2 is 2.00 bits per heavy atom. The first-order chi connectivity index (χ1) is 5.49. The van der Waals surface area contributed by atoms with Crippen molar-refractivity contribution >= 4 is 0 Å². The van der Waals surface area contributed by atoms with E-state index in [0.717, 1.165) is 13.0 Å². The van der Waals surface area contributed by atoms with Gasteiger partial charge in [-0.25, -0.2) is 8.78 Å². The molecule has 1 saturated carbocycles. The second kappa shape index (κ2) is 3.69. The minimum Gasteiger partial charge on any atom is -0.315 e. The maximum absolute atomic E-state index is 12.4. The zero-order chi connectivity index (χ0) is 9.19. The van der Waals surface area contributed by atoms with Crippen LogP contribution in [0.15, 0.2) is 0 Å². The SMILES string of the molecule is CC(C)NCCC1CC(F)(F)C1. The molecule has 1 nitrogen and oxygen atoms in total. The molecule has 1 aliphatic rings. The second-order valence-electron chi connectivity index (χ2n) is 4.03. The lowest BCUT2D eigenvalue weighted by Crippen LogP contribution is -2.37. The van der Waals surface area contributed by atoms with Crippen molar-refractivity contribution in [2.75, 3.05) is 6.54 Å². The summed E-state index contributed by atoms with van der Waals surface area (Å²) in [6, 6.07) is 0.464. The Morgan fingerprint density at radius 3 is 2.42 bits per heavy atom. The molecule has 0 aromatic rings. The molecule has 3 heteroatoms. The number of nitrogens with one attached hydrogen (secondary N) is 1. The standard InChI is InChI=1S/C9H17F2N/c1-7(2)12-4-3-8-5-9(10,11)6-8/h7-8,12H,3-6H2,1-2H3. The molecule has 72 valence electrons. The van der Waals surface area contributed by atoms with Crippen molar-refractivity contribution in [2.45, 2.75) is 45.1 Å². The van der Waals surface area contributed by atoms with E-state index in [-0.39, 0.29) is 18.8 Å². The van der Waals surface area contributed by atoms with Gasteiger partial charge in [-0.05, 0) is 18.9 Å². The van der Waals surface area contributed by atoms with E-state index in [9.17, 15) is 8.78 Å². The van der Waals surface area contributed by atoms with Gasteiger partial charge in [-0.15, -0.1) is 0 Å². The van der Waals surface area contributed by atoms with Gasteiger partial charge in [0, 0.05) is 18.9 Å². The molecule has 1 aliphatic carbocycles.